The molecule has 0 heterocycles. The SMILES string of the molecule is CS(=O)(=O)C(=O)OCc1ccccc1. The highest BCUT2D eigenvalue weighted by molar-refractivity contribution is 8.05. The lowest BCUT2D eigenvalue weighted by atomic mass is 10.2. The van der Waals surface area contributed by atoms with Gasteiger partial charge >= 0.3 is 5.30 Å². The summed E-state index contributed by atoms with van der Waals surface area (Å²) in [6, 6.07) is 8.88. The minimum absolute atomic E-state index is 0.0211. The van der Waals surface area contributed by atoms with Gasteiger partial charge in [-0.2, -0.15) is 0 Å². The van der Waals surface area contributed by atoms with Crippen LogP contribution in [0, 0.1) is 0 Å². The molecule has 0 aromatic heterocycles. The summed E-state index contributed by atoms with van der Waals surface area (Å²) < 4.78 is 25.9. The molecule has 0 aliphatic rings. The normalized spacial score (nSPS) is 10.9. The number of hydrogen-bond donors (Lipinski definition) is 0. The second kappa shape index (κ2) is 4.23. The molecule has 0 unspecified atom stereocenters. The molecule has 4 nitrogen and oxygen atoms in total. The van der Waals surface area contributed by atoms with Gasteiger partial charge in [-0.3, -0.25) is 0 Å². The van der Waals surface area contributed by atoms with E-state index in [0.29, 0.717) is 0 Å². The second-order valence-electron chi connectivity index (χ2n) is 2.80. The third-order valence-electron chi connectivity index (χ3n) is 1.50. The third kappa shape index (κ3) is 3.18. The smallest absolute Gasteiger partial charge is 0.424 e. The topological polar surface area (TPSA) is 60.4 Å². The van der Waals surface area contributed by atoms with Crippen molar-refractivity contribution in [1.29, 1.82) is 0 Å². The zero-order chi connectivity index (χ0) is 10.6. The molecule has 0 radical (unpaired) electrons. The first-order valence-electron chi connectivity index (χ1n) is 3.91. The predicted octanol–water partition coefficient (Wildman–Crippen LogP) is 1.37. The van der Waals surface area contributed by atoms with Crippen LogP contribution in [0.25, 0.3) is 0 Å². The van der Waals surface area contributed by atoms with Gasteiger partial charge in [-0.1, -0.05) is 30.3 Å². The summed E-state index contributed by atoms with van der Waals surface area (Å²) in [7, 11) is -3.73. The lowest BCUT2D eigenvalue weighted by Gasteiger charge is -2.02. The van der Waals surface area contributed by atoms with Crippen LogP contribution in [0.2, 0.25) is 0 Å². The van der Waals surface area contributed by atoms with Gasteiger partial charge in [0.2, 0.25) is 9.84 Å². The molecule has 14 heavy (non-hydrogen) atoms. The summed E-state index contributed by atoms with van der Waals surface area (Å²) in [6.45, 7) is -0.0211. The largest absolute Gasteiger partial charge is 0.449 e. The third-order valence-corrected chi connectivity index (χ3v) is 2.23. The molecule has 1 aromatic rings. The van der Waals surface area contributed by atoms with Gasteiger partial charge in [0.1, 0.15) is 6.61 Å². The van der Waals surface area contributed by atoms with Gasteiger partial charge in [0, 0.05) is 0 Å². The zero-order valence-electron chi connectivity index (χ0n) is 7.64. The van der Waals surface area contributed by atoms with Gasteiger partial charge in [-0.15, -0.1) is 0 Å². The fourth-order valence-electron chi connectivity index (χ4n) is 0.824. The Balaban J connectivity index is 2.55. The van der Waals surface area contributed by atoms with Gasteiger partial charge in [0.05, 0.1) is 6.26 Å². The standard InChI is InChI=1S/C9H10O4S/c1-14(11,12)9(10)13-7-8-5-3-2-4-6-8/h2-6H,7H2,1H3. The van der Waals surface area contributed by atoms with Gasteiger partial charge < -0.3 is 4.74 Å². The van der Waals surface area contributed by atoms with E-state index in [0.717, 1.165) is 11.8 Å². The predicted molar refractivity (Wildman–Crippen MR) is 51.5 cm³/mol. The average molecular weight is 214 g/mol. The van der Waals surface area contributed by atoms with Crippen molar-refractivity contribution in [3.63, 3.8) is 0 Å². The van der Waals surface area contributed by atoms with E-state index in [1.165, 1.54) is 0 Å². The van der Waals surface area contributed by atoms with Crippen molar-refractivity contribution in [2.45, 2.75) is 6.61 Å². The first-order valence-corrected chi connectivity index (χ1v) is 5.80. The summed E-state index contributed by atoms with van der Waals surface area (Å²) in [6.07, 6.45) is 0.820. The lowest BCUT2D eigenvalue weighted by molar-refractivity contribution is 0.166. The minimum Gasteiger partial charge on any atom is -0.449 e. The van der Waals surface area contributed by atoms with E-state index in [4.69, 9.17) is 0 Å². The van der Waals surface area contributed by atoms with Crippen LogP contribution in [0.15, 0.2) is 30.3 Å². The van der Waals surface area contributed by atoms with E-state index in [1.54, 1.807) is 24.3 Å². The molecule has 0 aliphatic carbocycles. The number of rotatable bonds is 2. The van der Waals surface area contributed by atoms with Crippen LogP contribution in [-0.2, 0) is 21.2 Å². The van der Waals surface area contributed by atoms with Gasteiger partial charge in [-0.25, -0.2) is 13.2 Å². The monoisotopic (exact) mass is 214 g/mol. The van der Waals surface area contributed by atoms with E-state index in [-0.39, 0.29) is 6.61 Å². The number of sulfone groups is 1. The maximum Gasteiger partial charge on any atom is 0.424 e. The highest BCUT2D eigenvalue weighted by Crippen LogP contribution is 2.02. The molecule has 0 N–H and O–H groups in total. The van der Waals surface area contributed by atoms with E-state index < -0.39 is 15.1 Å². The molecule has 0 spiro atoms. The molecule has 0 aliphatic heterocycles. The molecular formula is C9H10O4S. The van der Waals surface area contributed by atoms with Crippen LogP contribution in [-0.4, -0.2) is 20.0 Å². The Kier molecular flexibility index (Phi) is 3.24. The van der Waals surface area contributed by atoms with Crippen LogP contribution in [0.4, 0.5) is 4.79 Å². The lowest BCUT2D eigenvalue weighted by Crippen LogP contribution is -2.14. The average Bonchev–Trinajstić information content (AvgIpc) is 2.14. The zero-order valence-corrected chi connectivity index (χ0v) is 8.45. The second-order valence-corrected chi connectivity index (χ2v) is 4.67. The summed E-state index contributed by atoms with van der Waals surface area (Å²) in [5, 5.41) is -1.19. The molecule has 0 saturated carbocycles. The molecule has 5 heteroatoms. The van der Waals surface area contributed by atoms with Gasteiger partial charge in [0.25, 0.3) is 0 Å². The van der Waals surface area contributed by atoms with E-state index >= 15 is 0 Å². The van der Waals surface area contributed by atoms with Crippen molar-refractivity contribution in [3.8, 4) is 0 Å². The fraction of sp³-hybridized carbons (Fsp3) is 0.222. The van der Waals surface area contributed by atoms with Crippen LogP contribution >= 0.6 is 0 Å². The molecule has 0 atom stereocenters. The molecule has 1 aromatic carbocycles. The van der Waals surface area contributed by atoms with Crippen LogP contribution in [0.3, 0.4) is 0 Å². The highest BCUT2D eigenvalue weighted by atomic mass is 32.2. The number of carbonyl (C=O) groups excluding carboxylic acids is 1. The van der Waals surface area contributed by atoms with Crippen molar-refractivity contribution in [1.82, 2.24) is 0 Å². The maximum absolute atomic E-state index is 10.8. The Hall–Kier alpha value is -1.36. The summed E-state index contributed by atoms with van der Waals surface area (Å²) >= 11 is 0. The molecule has 0 saturated heterocycles. The van der Waals surface area contributed by atoms with Crippen molar-refractivity contribution < 1.29 is 17.9 Å². The fourth-order valence-corrected chi connectivity index (χ4v) is 1.10. The Morgan fingerprint density at radius 2 is 1.86 bits per heavy atom. The minimum atomic E-state index is -3.73. The Labute approximate surface area is 82.4 Å². The molecular weight excluding hydrogens is 204 g/mol. The molecule has 0 bridgehead atoms. The summed E-state index contributed by atoms with van der Waals surface area (Å²) in [4.78, 5) is 10.8. The number of hydrogen-bond acceptors (Lipinski definition) is 4. The number of benzene rings is 1. The number of carbonyl (C=O) groups is 1. The molecule has 1 rings (SSSR count). The van der Waals surface area contributed by atoms with E-state index in [1.807, 2.05) is 6.07 Å². The van der Waals surface area contributed by atoms with Crippen molar-refractivity contribution in [2.24, 2.45) is 0 Å². The first kappa shape index (κ1) is 10.7. The van der Waals surface area contributed by atoms with E-state index in [2.05, 4.69) is 4.74 Å². The summed E-state index contributed by atoms with van der Waals surface area (Å²) in [5.74, 6) is 0. The summed E-state index contributed by atoms with van der Waals surface area (Å²) in [5.41, 5.74) is 0.754. The molecule has 76 valence electrons. The maximum atomic E-state index is 10.8. The molecule has 0 fully saturated rings. The Morgan fingerprint density at radius 3 is 2.36 bits per heavy atom. The number of ether oxygens (including phenoxy) is 1. The van der Waals surface area contributed by atoms with Crippen molar-refractivity contribution >= 4 is 15.1 Å². The van der Waals surface area contributed by atoms with Gasteiger partial charge in [0.15, 0.2) is 0 Å². The van der Waals surface area contributed by atoms with Crippen LogP contribution in [0.1, 0.15) is 5.56 Å². The first-order chi connectivity index (χ1) is 6.50. The van der Waals surface area contributed by atoms with Crippen molar-refractivity contribution in [2.75, 3.05) is 6.26 Å². The molecule has 0 amide bonds. The Bertz CT molecular complexity index is 408. The van der Waals surface area contributed by atoms with Gasteiger partial charge in [-0.05, 0) is 5.56 Å². The van der Waals surface area contributed by atoms with Crippen molar-refractivity contribution in [3.05, 3.63) is 35.9 Å². The van der Waals surface area contributed by atoms with Crippen LogP contribution < -0.4 is 0 Å². The van der Waals surface area contributed by atoms with E-state index in [9.17, 15) is 13.2 Å². The highest BCUT2D eigenvalue weighted by Gasteiger charge is 2.16. The van der Waals surface area contributed by atoms with Crippen LogP contribution in [0.5, 0.6) is 0 Å². The Morgan fingerprint density at radius 1 is 1.29 bits per heavy atom. The quantitative estimate of drug-likeness (QED) is 0.697.